The van der Waals surface area contributed by atoms with Crippen LogP contribution in [0.5, 0.6) is 0 Å². The van der Waals surface area contributed by atoms with Gasteiger partial charge in [-0.2, -0.15) is 12.6 Å². The highest BCUT2D eigenvalue weighted by Crippen LogP contribution is 2.10. The molecule has 11 heteroatoms. The molecule has 0 aliphatic heterocycles. The molecule has 5 atom stereocenters. The number of hydrogen-bond acceptors (Lipinski definition) is 7. The summed E-state index contributed by atoms with van der Waals surface area (Å²) in [7, 11) is 0. The van der Waals surface area contributed by atoms with Gasteiger partial charge in [0.15, 0.2) is 0 Å². The number of carboxylic acid groups (broad SMARTS) is 1. The van der Waals surface area contributed by atoms with Crippen LogP contribution in [0, 0.1) is 5.92 Å². The summed E-state index contributed by atoms with van der Waals surface area (Å²) in [5.74, 6) is -3.12. The Bertz CT molecular complexity index is 563. The van der Waals surface area contributed by atoms with Crippen molar-refractivity contribution in [1.29, 1.82) is 0 Å². The number of carboxylic acids is 1. The fourth-order valence-electron chi connectivity index (χ4n) is 2.43. The number of nitrogens with one attached hydrogen (secondary N) is 3. The Labute approximate surface area is 177 Å². The summed E-state index contributed by atoms with van der Waals surface area (Å²) < 4.78 is 0. The van der Waals surface area contributed by atoms with Gasteiger partial charge in [-0.25, -0.2) is 0 Å². The van der Waals surface area contributed by atoms with Gasteiger partial charge in [-0.15, -0.1) is 0 Å². The zero-order valence-electron chi connectivity index (χ0n) is 17.3. The van der Waals surface area contributed by atoms with E-state index in [9.17, 15) is 19.2 Å². The highest BCUT2D eigenvalue weighted by atomic mass is 32.1. The van der Waals surface area contributed by atoms with Crippen molar-refractivity contribution in [3.63, 3.8) is 0 Å². The van der Waals surface area contributed by atoms with E-state index in [0.717, 1.165) is 6.42 Å². The van der Waals surface area contributed by atoms with Crippen LogP contribution in [0.1, 0.15) is 46.5 Å². The van der Waals surface area contributed by atoms with Crippen LogP contribution in [0.4, 0.5) is 0 Å². The first-order valence-corrected chi connectivity index (χ1v) is 10.4. The molecule has 0 spiro atoms. The average Bonchev–Trinajstić information content (AvgIpc) is 2.68. The minimum atomic E-state index is -1.20. The first-order valence-electron chi connectivity index (χ1n) is 9.79. The highest BCUT2D eigenvalue weighted by Gasteiger charge is 2.31. The lowest BCUT2D eigenvalue weighted by atomic mass is 9.97. The van der Waals surface area contributed by atoms with E-state index in [2.05, 4.69) is 28.6 Å². The molecule has 0 saturated carbocycles. The van der Waals surface area contributed by atoms with E-state index < -0.39 is 47.9 Å². The molecule has 0 rings (SSSR count). The number of unbranched alkanes of at least 4 members (excludes halogenated alkanes) is 1. The number of rotatable bonds is 14. The summed E-state index contributed by atoms with van der Waals surface area (Å²) in [5.41, 5.74) is 11.3. The minimum Gasteiger partial charge on any atom is -0.480 e. The molecule has 5 unspecified atom stereocenters. The van der Waals surface area contributed by atoms with Crippen molar-refractivity contribution >= 4 is 36.3 Å². The topological polar surface area (TPSA) is 177 Å². The van der Waals surface area contributed by atoms with Crippen LogP contribution in [0.2, 0.25) is 0 Å². The Balaban J connectivity index is 5.07. The van der Waals surface area contributed by atoms with E-state index in [1.54, 1.807) is 6.92 Å². The summed E-state index contributed by atoms with van der Waals surface area (Å²) in [6.07, 6.45) is 2.51. The Kier molecular flexibility index (Phi) is 13.3. The van der Waals surface area contributed by atoms with Crippen molar-refractivity contribution < 1.29 is 24.3 Å². The maximum absolute atomic E-state index is 12.7. The van der Waals surface area contributed by atoms with Gasteiger partial charge in [-0.3, -0.25) is 19.2 Å². The van der Waals surface area contributed by atoms with Gasteiger partial charge >= 0.3 is 5.97 Å². The van der Waals surface area contributed by atoms with Crippen LogP contribution < -0.4 is 27.4 Å². The van der Waals surface area contributed by atoms with Gasteiger partial charge in [0.2, 0.25) is 17.7 Å². The van der Waals surface area contributed by atoms with E-state index in [-0.39, 0.29) is 11.7 Å². The van der Waals surface area contributed by atoms with Crippen LogP contribution >= 0.6 is 12.6 Å². The molecule has 0 aliphatic rings. The lowest BCUT2D eigenvalue weighted by Crippen LogP contribution is -2.58. The van der Waals surface area contributed by atoms with Crippen molar-refractivity contribution in [2.24, 2.45) is 17.4 Å². The second-order valence-electron chi connectivity index (χ2n) is 7.08. The van der Waals surface area contributed by atoms with Gasteiger partial charge in [-0.05, 0) is 32.2 Å². The molecular formula is C18H35N5O5S. The average molecular weight is 434 g/mol. The van der Waals surface area contributed by atoms with Gasteiger partial charge in [0.1, 0.15) is 18.1 Å². The molecule has 29 heavy (non-hydrogen) atoms. The van der Waals surface area contributed by atoms with Gasteiger partial charge in [0.25, 0.3) is 0 Å². The molecule has 0 saturated heterocycles. The van der Waals surface area contributed by atoms with E-state index in [1.807, 2.05) is 6.92 Å². The quantitative estimate of drug-likeness (QED) is 0.135. The number of aliphatic carboxylic acids is 1. The van der Waals surface area contributed by atoms with Crippen LogP contribution in [0.15, 0.2) is 0 Å². The molecule has 8 N–H and O–H groups in total. The number of hydrogen-bond donors (Lipinski definition) is 7. The third kappa shape index (κ3) is 9.95. The standard InChI is InChI=1S/C18H35N5O5S/c1-4-10(2)14(23-15(24)12(20)7-5-6-8-19)17(26)22-13(9-29)16(25)21-11(3)18(27)28/h10-14,29H,4-9,19-20H2,1-3H3,(H,21,25)(H,22,26)(H,23,24)(H,27,28). The lowest BCUT2D eigenvalue weighted by molar-refractivity contribution is -0.141. The summed E-state index contributed by atoms with van der Waals surface area (Å²) in [6, 6.07) is -3.81. The maximum Gasteiger partial charge on any atom is 0.325 e. The Morgan fingerprint density at radius 2 is 1.62 bits per heavy atom. The molecule has 0 aromatic rings. The number of carbonyl (C=O) groups excluding carboxylic acids is 3. The van der Waals surface area contributed by atoms with Crippen molar-refractivity contribution in [1.82, 2.24) is 16.0 Å². The largest absolute Gasteiger partial charge is 0.480 e. The smallest absolute Gasteiger partial charge is 0.325 e. The molecule has 0 aliphatic carbocycles. The second kappa shape index (κ2) is 14.2. The maximum atomic E-state index is 12.7. The molecule has 0 radical (unpaired) electrons. The van der Waals surface area contributed by atoms with Gasteiger partial charge in [-0.1, -0.05) is 26.7 Å². The third-order valence-corrected chi connectivity index (χ3v) is 5.01. The molecule has 0 heterocycles. The van der Waals surface area contributed by atoms with E-state index in [4.69, 9.17) is 16.6 Å². The van der Waals surface area contributed by atoms with Crippen LogP contribution in [0.25, 0.3) is 0 Å². The Morgan fingerprint density at radius 1 is 1.00 bits per heavy atom. The van der Waals surface area contributed by atoms with E-state index in [1.165, 1.54) is 6.92 Å². The normalized spacial score (nSPS) is 16.1. The zero-order chi connectivity index (χ0) is 22.6. The first kappa shape index (κ1) is 27.1. The van der Waals surface area contributed by atoms with Crippen molar-refractivity contribution in [3.05, 3.63) is 0 Å². The van der Waals surface area contributed by atoms with Gasteiger partial charge in [0, 0.05) is 5.75 Å². The zero-order valence-corrected chi connectivity index (χ0v) is 18.2. The summed E-state index contributed by atoms with van der Waals surface area (Å²) in [5, 5.41) is 16.4. The third-order valence-electron chi connectivity index (χ3n) is 4.64. The summed E-state index contributed by atoms with van der Waals surface area (Å²) >= 11 is 4.06. The van der Waals surface area contributed by atoms with E-state index in [0.29, 0.717) is 25.8 Å². The summed E-state index contributed by atoms with van der Waals surface area (Å²) in [4.78, 5) is 48.2. The van der Waals surface area contributed by atoms with Crippen molar-refractivity contribution in [3.8, 4) is 0 Å². The lowest BCUT2D eigenvalue weighted by Gasteiger charge is -2.27. The molecule has 3 amide bonds. The fourth-order valence-corrected chi connectivity index (χ4v) is 2.69. The number of nitrogens with two attached hydrogens (primary N) is 2. The van der Waals surface area contributed by atoms with Crippen molar-refractivity contribution in [2.75, 3.05) is 12.3 Å². The van der Waals surface area contributed by atoms with Crippen LogP contribution in [-0.2, 0) is 19.2 Å². The molecule has 0 fully saturated rings. The van der Waals surface area contributed by atoms with Crippen LogP contribution in [-0.4, -0.2) is 65.3 Å². The molecule has 0 aromatic carbocycles. The predicted molar refractivity (Wildman–Crippen MR) is 113 cm³/mol. The first-order chi connectivity index (χ1) is 13.6. The van der Waals surface area contributed by atoms with Crippen molar-refractivity contribution in [2.45, 2.75) is 70.6 Å². The Hall–Kier alpha value is -1.85. The summed E-state index contributed by atoms with van der Waals surface area (Å²) in [6.45, 7) is 5.49. The fraction of sp³-hybridized carbons (Fsp3) is 0.778. The number of amides is 3. The SMILES string of the molecule is CCC(C)C(NC(=O)C(N)CCCCN)C(=O)NC(CS)C(=O)NC(C)C(=O)O. The Morgan fingerprint density at radius 3 is 2.10 bits per heavy atom. The molecule has 168 valence electrons. The number of carbonyl (C=O) groups is 4. The minimum absolute atomic E-state index is 0.0380. The molecule has 0 aromatic heterocycles. The monoisotopic (exact) mass is 433 g/mol. The molecular weight excluding hydrogens is 398 g/mol. The van der Waals surface area contributed by atoms with Crippen LogP contribution in [0.3, 0.4) is 0 Å². The molecule has 10 nitrogen and oxygen atoms in total. The predicted octanol–water partition coefficient (Wildman–Crippen LogP) is -1.02. The second-order valence-corrected chi connectivity index (χ2v) is 7.44. The van der Waals surface area contributed by atoms with Gasteiger partial charge in [0.05, 0.1) is 6.04 Å². The highest BCUT2D eigenvalue weighted by molar-refractivity contribution is 7.80. The number of thiol groups is 1. The van der Waals surface area contributed by atoms with E-state index >= 15 is 0 Å². The van der Waals surface area contributed by atoms with Gasteiger partial charge < -0.3 is 32.5 Å². The molecule has 0 bridgehead atoms.